The van der Waals surface area contributed by atoms with Gasteiger partial charge in [0.25, 0.3) is 0 Å². The van der Waals surface area contributed by atoms with Gasteiger partial charge in [-0.25, -0.2) is 0 Å². The van der Waals surface area contributed by atoms with Gasteiger partial charge in [0, 0.05) is 25.3 Å². The Hall–Kier alpha value is -0.950. The Bertz CT molecular complexity index is 503. The Morgan fingerprint density at radius 2 is 1.93 bits per heavy atom. The second-order valence-electron chi connectivity index (χ2n) is 8.57. The first kappa shape index (κ1) is 24.3. The number of carbonyl (C=O) groups excluding carboxylic acids is 1. The summed E-state index contributed by atoms with van der Waals surface area (Å²) in [4.78, 5) is 11.2. The van der Waals surface area contributed by atoms with Crippen molar-refractivity contribution in [2.45, 2.75) is 95.5 Å². The highest BCUT2D eigenvalue weighted by Crippen LogP contribution is 2.40. The van der Waals surface area contributed by atoms with Gasteiger partial charge < -0.3 is 25.1 Å². The SMILES string of the molecule is CCCCCC1(CC[C@@H]2[C@@H](CC=CCCCC(=O)OC)[C@@H](O)C[C@H]2N)OCCO1. The fourth-order valence-electron chi connectivity index (χ4n) is 4.77. The van der Waals surface area contributed by atoms with Crippen LogP contribution in [0.15, 0.2) is 12.2 Å². The highest BCUT2D eigenvalue weighted by molar-refractivity contribution is 5.69. The number of allylic oxidation sites excluding steroid dienone is 2. The number of hydrogen-bond acceptors (Lipinski definition) is 6. The number of methoxy groups -OCH3 is 1. The Balaban J connectivity index is 1.82. The summed E-state index contributed by atoms with van der Waals surface area (Å²) in [5, 5.41) is 10.5. The lowest BCUT2D eigenvalue weighted by atomic mass is 9.84. The minimum Gasteiger partial charge on any atom is -0.469 e. The molecule has 0 aromatic heterocycles. The zero-order chi connectivity index (χ0) is 21.1. The minimum atomic E-state index is -0.448. The molecule has 2 fully saturated rings. The van der Waals surface area contributed by atoms with Gasteiger partial charge in [0.15, 0.2) is 5.79 Å². The van der Waals surface area contributed by atoms with Crippen LogP contribution in [0.2, 0.25) is 0 Å². The molecule has 1 saturated carbocycles. The van der Waals surface area contributed by atoms with Crippen molar-refractivity contribution in [1.82, 2.24) is 0 Å². The number of unbranched alkanes of at least 4 members (excludes halogenated alkanes) is 3. The Kier molecular flexibility index (Phi) is 10.6. The summed E-state index contributed by atoms with van der Waals surface area (Å²) in [5.74, 6) is -0.159. The van der Waals surface area contributed by atoms with E-state index in [0.717, 1.165) is 44.9 Å². The summed E-state index contributed by atoms with van der Waals surface area (Å²) in [5.41, 5.74) is 6.39. The predicted octanol–water partition coefficient (Wildman–Crippen LogP) is 3.70. The Morgan fingerprint density at radius 3 is 2.62 bits per heavy atom. The van der Waals surface area contributed by atoms with Crippen molar-refractivity contribution in [3.63, 3.8) is 0 Å². The van der Waals surface area contributed by atoms with Crippen LogP contribution in [-0.2, 0) is 19.0 Å². The molecular weight excluding hydrogens is 370 g/mol. The maximum atomic E-state index is 11.2. The summed E-state index contributed by atoms with van der Waals surface area (Å²) >= 11 is 0. The third-order valence-electron chi connectivity index (χ3n) is 6.50. The highest BCUT2D eigenvalue weighted by Gasteiger charge is 2.43. The van der Waals surface area contributed by atoms with Crippen molar-refractivity contribution >= 4 is 5.97 Å². The molecule has 2 aliphatic rings. The quantitative estimate of drug-likeness (QED) is 0.273. The summed E-state index contributed by atoms with van der Waals surface area (Å²) in [6, 6.07) is 0.0248. The normalized spacial score (nSPS) is 29.0. The van der Waals surface area contributed by atoms with Crippen molar-refractivity contribution in [2.75, 3.05) is 20.3 Å². The van der Waals surface area contributed by atoms with Gasteiger partial charge in [-0.2, -0.15) is 0 Å². The highest BCUT2D eigenvalue weighted by atomic mass is 16.7. The van der Waals surface area contributed by atoms with Gasteiger partial charge >= 0.3 is 5.97 Å². The Labute approximate surface area is 176 Å². The van der Waals surface area contributed by atoms with Crippen LogP contribution in [0.25, 0.3) is 0 Å². The van der Waals surface area contributed by atoms with Crippen LogP contribution in [0.1, 0.15) is 77.6 Å². The number of nitrogens with two attached hydrogens (primary N) is 1. The zero-order valence-electron chi connectivity index (χ0n) is 18.3. The van der Waals surface area contributed by atoms with Crippen molar-refractivity contribution < 1.29 is 24.1 Å². The lowest BCUT2D eigenvalue weighted by Gasteiger charge is -2.31. The van der Waals surface area contributed by atoms with Gasteiger partial charge in [0.05, 0.1) is 26.4 Å². The maximum absolute atomic E-state index is 11.2. The third kappa shape index (κ3) is 7.67. The summed E-state index contributed by atoms with van der Waals surface area (Å²) in [6.45, 7) is 3.54. The number of aliphatic hydroxyl groups is 1. The smallest absolute Gasteiger partial charge is 0.305 e. The number of ether oxygens (including phenoxy) is 3. The van der Waals surface area contributed by atoms with Gasteiger partial charge in [-0.05, 0) is 50.4 Å². The summed E-state index contributed by atoms with van der Waals surface area (Å²) in [6.07, 6.45) is 13.7. The molecule has 1 heterocycles. The molecule has 29 heavy (non-hydrogen) atoms. The fourth-order valence-corrected chi connectivity index (χ4v) is 4.77. The molecule has 4 atom stereocenters. The molecule has 3 N–H and O–H groups in total. The number of hydrogen-bond donors (Lipinski definition) is 2. The van der Waals surface area contributed by atoms with Crippen LogP contribution in [0, 0.1) is 11.8 Å². The molecule has 0 amide bonds. The molecule has 1 saturated heterocycles. The van der Waals surface area contributed by atoms with E-state index in [1.54, 1.807) is 0 Å². The molecule has 6 nitrogen and oxygen atoms in total. The average Bonchev–Trinajstić information content (AvgIpc) is 3.27. The van der Waals surface area contributed by atoms with Crippen molar-refractivity contribution in [3.8, 4) is 0 Å². The lowest BCUT2D eigenvalue weighted by Crippen LogP contribution is -2.34. The molecule has 1 aliphatic heterocycles. The van der Waals surface area contributed by atoms with Crippen LogP contribution in [0.3, 0.4) is 0 Å². The van der Waals surface area contributed by atoms with E-state index in [2.05, 4.69) is 23.8 Å². The molecule has 6 heteroatoms. The van der Waals surface area contributed by atoms with Crippen LogP contribution in [0.4, 0.5) is 0 Å². The monoisotopic (exact) mass is 411 g/mol. The topological polar surface area (TPSA) is 91.0 Å². The first-order valence-electron chi connectivity index (χ1n) is 11.4. The summed E-state index contributed by atoms with van der Waals surface area (Å²) in [7, 11) is 1.42. The van der Waals surface area contributed by atoms with Crippen LogP contribution < -0.4 is 5.73 Å². The van der Waals surface area contributed by atoms with Gasteiger partial charge in [-0.3, -0.25) is 4.79 Å². The van der Waals surface area contributed by atoms with Crippen LogP contribution in [-0.4, -0.2) is 49.3 Å². The predicted molar refractivity (Wildman–Crippen MR) is 113 cm³/mol. The minimum absolute atomic E-state index is 0.0248. The molecule has 0 spiro atoms. The standard InChI is InChI=1S/C23H41NO5/c1-3-4-9-13-23(28-15-16-29-23)14-12-18-19(21(25)17-20(18)24)10-7-5-6-8-11-22(26)27-2/h5,7,18-21,25H,3-4,6,8-17,24H2,1-2H3/t18-,19-,20-,21+/m1/s1. The van der Waals surface area contributed by atoms with Crippen molar-refractivity contribution in [3.05, 3.63) is 12.2 Å². The molecule has 0 radical (unpaired) electrons. The van der Waals surface area contributed by atoms with E-state index in [-0.39, 0.29) is 30.0 Å². The molecule has 0 bridgehead atoms. The molecule has 168 valence electrons. The van der Waals surface area contributed by atoms with Gasteiger partial charge in [0.1, 0.15) is 0 Å². The van der Waals surface area contributed by atoms with Gasteiger partial charge in [-0.1, -0.05) is 31.9 Å². The number of esters is 1. The first-order valence-corrected chi connectivity index (χ1v) is 11.4. The first-order chi connectivity index (χ1) is 14.0. The van der Waals surface area contributed by atoms with Crippen molar-refractivity contribution in [1.29, 1.82) is 0 Å². The number of rotatable bonds is 13. The van der Waals surface area contributed by atoms with Crippen molar-refractivity contribution in [2.24, 2.45) is 17.6 Å². The van der Waals surface area contributed by atoms with E-state index in [0.29, 0.717) is 26.1 Å². The largest absolute Gasteiger partial charge is 0.469 e. The second kappa shape index (κ2) is 12.7. The maximum Gasteiger partial charge on any atom is 0.305 e. The van der Waals surface area contributed by atoms with Gasteiger partial charge in [-0.15, -0.1) is 0 Å². The van der Waals surface area contributed by atoms with E-state index in [1.165, 1.54) is 20.0 Å². The molecule has 0 unspecified atom stereocenters. The molecule has 0 aromatic carbocycles. The average molecular weight is 412 g/mol. The van der Waals surface area contributed by atoms with Crippen LogP contribution in [0.5, 0.6) is 0 Å². The fraction of sp³-hybridized carbons (Fsp3) is 0.870. The van der Waals surface area contributed by atoms with E-state index in [1.807, 2.05) is 0 Å². The second-order valence-corrected chi connectivity index (χ2v) is 8.57. The van der Waals surface area contributed by atoms with E-state index < -0.39 is 5.79 Å². The Morgan fingerprint density at radius 1 is 1.17 bits per heavy atom. The molecule has 1 aliphatic carbocycles. The lowest BCUT2D eigenvalue weighted by molar-refractivity contribution is -0.170. The number of carbonyl (C=O) groups is 1. The van der Waals surface area contributed by atoms with Crippen LogP contribution >= 0.6 is 0 Å². The zero-order valence-corrected chi connectivity index (χ0v) is 18.3. The molecule has 2 rings (SSSR count). The van der Waals surface area contributed by atoms with E-state index >= 15 is 0 Å². The van der Waals surface area contributed by atoms with E-state index in [9.17, 15) is 9.90 Å². The molecular formula is C23H41NO5. The van der Waals surface area contributed by atoms with Gasteiger partial charge in [0.2, 0.25) is 0 Å². The van der Waals surface area contributed by atoms with E-state index in [4.69, 9.17) is 15.2 Å². The third-order valence-corrected chi connectivity index (χ3v) is 6.50. The summed E-state index contributed by atoms with van der Waals surface area (Å²) < 4.78 is 16.7. The molecule has 0 aromatic rings. The number of aliphatic hydroxyl groups excluding tert-OH is 1.